The van der Waals surface area contributed by atoms with Crippen LogP contribution >= 0.6 is 0 Å². The van der Waals surface area contributed by atoms with Gasteiger partial charge in [-0.25, -0.2) is 8.42 Å². The van der Waals surface area contributed by atoms with Crippen molar-refractivity contribution < 1.29 is 18.3 Å². The van der Waals surface area contributed by atoms with Gasteiger partial charge in [-0.2, -0.15) is 4.31 Å². The first kappa shape index (κ1) is 17.7. The Kier molecular flexibility index (Phi) is 3.96. The van der Waals surface area contributed by atoms with Crippen LogP contribution in [-0.4, -0.2) is 36.4 Å². The maximum absolute atomic E-state index is 13.0. The van der Waals surface area contributed by atoms with Gasteiger partial charge in [0.05, 0.1) is 4.90 Å². The zero-order chi connectivity index (χ0) is 18.8. The molecule has 146 valence electrons. The van der Waals surface area contributed by atoms with Crippen LogP contribution in [0.15, 0.2) is 29.2 Å². The molecule has 1 saturated heterocycles. The number of hydrogen-bond donors (Lipinski definition) is 1. The molecule has 1 atom stereocenters. The number of carboxylic acids is 1. The van der Waals surface area contributed by atoms with Gasteiger partial charge in [0.1, 0.15) is 6.04 Å². The van der Waals surface area contributed by atoms with Crippen LogP contribution in [0.5, 0.6) is 0 Å². The van der Waals surface area contributed by atoms with Gasteiger partial charge in [0.25, 0.3) is 0 Å². The van der Waals surface area contributed by atoms with Crippen LogP contribution in [0.2, 0.25) is 0 Å². The summed E-state index contributed by atoms with van der Waals surface area (Å²) in [5.74, 6) is 1.49. The highest BCUT2D eigenvalue weighted by molar-refractivity contribution is 7.89. The van der Waals surface area contributed by atoms with Crippen molar-refractivity contribution in [1.82, 2.24) is 4.31 Å². The number of carbonyl (C=O) groups is 1. The molecule has 5 fully saturated rings. The molecule has 1 aliphatic heterocycles. The van der Waals surface area contributed by atoms with Crippen LogP contribution in [0, 0.1) is 17.8 Å². The molecule has 1 aromatic carbocycles. The van der Waals surface area contributed by atoms with Crippen LogP contribution in [0.3, 0.4) is 0 Å². The van der Waals surface area contributed by atoms with Gasteiger partial charge in [-0.1, -0.05) is 12.1 Å². The molecule has 0 radical (unpaired) electrons. The number of nitrogens with zero attached hydrogens (tertiary/aromatic N) is 1. The second-order valence-electron chi connectivity index (χ2n) is 9.33. The van der Waals surface area contributed by atoms with Gasteiger partial charge in [0.2, 0.25) is 10.0 Å². The van der Waals surface area contributed by atoms with E-state index >= 15 is 0 Å². The molecule has 0 aromatic heterocycles. The third kappa shape index (κ3) is 2.75. The van der Waals surface area contributed by atoms with Crippen LogP contribution < -0.4 is 0 Å². The number of benzene rings is 1. The van der Waals surface area contributed by atoms with E-state index in [1.54, 1.807) is 12.1 Å². The highest BCUT2D eigenvalue weighted by atomic mass is 32.2. The average molecular weight is 390 g/mol. The Morgan fingerprint density at radius 1 is 1.00 bits per heavy atom. The lowest BCUT2D eigenvalue weighted by Crippen LogP contribution is -2.48. The van der Waals surface area contributed by atoms with Crippen molar-refractivity contribution in [3.63, 3.8) is 0 Å². The van der Waals surface area contributed by atoms with E-state index in [4.69, 9.17) is 0 Å². The van der Waals surface area contributed by atoms with E-state index in [0.717, 1.165) is 22.1 Å². The van der Waals surface area contributed by atoms with Crippen molar-refractivity contribution >= 4 is 16.0 Å². The number of sulfonamides is 1. The van der Waals surface area contributed by atoms with E-state index in [1.807, 2.05) is 12.1 Å². The van der Waals surface area contributed by atoms with Crippen LogP contribution in [0.1, 0.15) is 56.9 Å². The summed E-state index contributed by atoms with van der Waals surface area (Å²) in [5, 5.41) is 9.33. The standard InChI is InChI=1S/C21H27NO4S/c23-20(24)19-2-1-7-22(19)27(25,26)18-5-3-17(4-6-18)21-11-14-8-15(12-21)10-16(9-14)13-21/h3-6,14-16,19H,1-2,7-13H2,(H,23,24). The van der Waals surface area contributed by atoms with E-state index in [2.05, 4.69) is 0 Å². The summed E-state index contributed by atoms with van der Waals surface area (Å²) in [4.78, 5) is 11.6. The normalized spacial score (nSPS) is 38.4. The molecule has 4 aliphatic carbocycles. The SMILES string of the molecule is O=C(O)C1CCCN1S(=O)(=O)c1ccc(C23CC4CC(CC(C4)C2)C3)cc1. The van der Waals surface area contributed by atoms with Crippen LogP contribution in [0.4, 0.5) is 0 Å². The summed E-state index contributed by atoms with van der Waals surface area (Å²) in [5.41, 5.74) is 1.53. The minimum atomic E-state index is -3.75. The third-order valence-electron chi connectivity index (χ3n) is 7.60. The van der Waals surface area contributed by atoms with Crippen molar-refractivity contribution in [3.05, 3.63) is 29.8 Å². The number of carboxylic acid groups (broad SMARTS) is 1. The minimum absolute atomic E-state index is 0.226. The van der Waals surface area contributed by atoms with Crippen molar-refractivity contribution in [2.24, 2.45) is 17.8 Å². The smallest absolute Gasteiger partial charge is 0.322 e. The van der Waals surface area contributed by atoms with E-state index in [9.17, 15) is 18.3 Å². The highest BCUT2D eigenvalue weighted by Gasteiger charge is 2.51. The van der Waals surface area contributed by atoms with E-state index in [0.29, 0.717) is 12.8 Å². The van der Waals surface area contributed by atoms with Gasteiger partial charge in [-0.05, 0) is 92.2 Å². The molecule has 4 bridgehead atoms. The van der Waals surface area contributed by atoms with Gasteiger partial charge < -0.3 is 5.11 Å². The molecule has 0 spiro atoms. The molecular formula is C21H27NO4S. The zero-order valence-corrected chi connectivity index (χ0v) is 16.3. The van der Waals surface area contributed by atoms with Gasteiger partial charge >= 0.3 is 5.97 Å². The van der Waals surface area contributed by atoms with Crippen molar-refractivity contribution in [2.75, 3.05) is 6.54 Å². The van der Waals surface area contributed by atoms with Gasteiger partial charge in [-0.3, -0.25) is 4.79 Å². The Morgan fingerprint density at radius 2 is 1.56 bits per heavy atom. The molecule has 5 aliphatic rings. The topological polar surface area (TPSA) is 74.7 Å². The predicted octanol–water partition coefficient (Wildman–Crippen LogP) is 3.39. The fraction of sp³-hybridized carbons (Fsp3) is 0.667. The van der Waals surface area contributed by atoms with Gasteiger partial charge in [0, 0.05) is 6.54 Å². The van der Waals surface area contributed by atoms with E-state index < -0.39 is 22.0 Å². The monoisotopic (exact) mass is 389 g/mol. The largest absolute Gasteiger partial charge is 0.480 e. The van der Waals surface area contributed by atoms with Crippen LogP contribution in [-0.2, 0) is 20.2 Å². The Labute approximate surface area is 160 Å². The lowest BCUT2D eigenvalue weighted by atomic mass is 9.48. The molecule has 1 unspecified atom stereocenters. The number of hydrogen-bond acceptors (Lipinski definition) is 3. The summed E-state index contributed by atoms with van der Waals surface area (Å²) in [6, 6.07) is 6.50. The Morgan fingerprint density at radius 3 is 2.07 bits per heavy atom. The Bertz CT molecular complexity index is 825. The highest BCUT2D eigenvalue weighted by Crippen LogP contribution is 2.60. The lowest BCUT2D eigenvalue weighted by Gasteiger charge is -2.57. The first-order valence-electron chi connectivity index (χ1n) is 10.2. The number of aliphatic carboxylic acids is 1. The van der Waals surface area contributed by atoms with E-state index in [-0.39, 0.29) is 16.9 Å². The fourth-order valence-electron chi connectivity index (χ4n) is 6.85. The second-order valence-corrected chi connectivity index (χ2v) is 11.2. The summed E-state index contributed by atoms with van der Waals surface area (Å²) >= 11 is 0. The maximum atomic E-state index is 13.0. The Balaban J connectivity index is 1.43. The molecule has 6 rings (SSSR count). The molecule has 1 aromatic rings. The molecule has 4 saturated carbocycles. The minimum Gasteiger partial charge on any atom is -0.480 e. The number of rotatable bonds is 4. The van der Waals surface area contributed by atoms with Gasteiger partial charge in [0.15, 0.2) is 0 Å². The molecule has 5 nitrogen and oxygen atoms in total. The van der Waals surface area contributed by atoms with Crippen molar-refractivity contribution in [2.45, 2.75) is 67.7 Å². The quantitative estimate of drug-likeness (QED) is 0.856. The third-order valence-corrected chi connectivity index (χ3v) is 9.52. The molecule has 1 N–H and O–H groups in total. The van der Waals surface area contributed by atoms with Crippen molar-refractivity contribution in [3.8, 4) is 0 Å². The Hall–Kier alpha value is -1.40. The first-order chi connectivity index (χ1) is 12.9. The van der Waals surface area contributed by atoms with E-state index in [1.165, 1.54) is 44.1 Å². The lowest BCUT2D eigenvalue weighted by molar-refractivity contribution is -0.140. The van der Waals surface area contributed by atoms with Crippen LogP contribution in [0.25, 0.3) is 0 Å². The maximum Gasteiger partial charge on any atom is 0.322 e. The summed E-state index contributed by atoms with van der Waals surface area (Å²) in [6.45, 7) is 0.288. The molecule has 1 heterocycles. The average Bonchev–Trinajstić information content (AvgIpc) is 3.12. The summed E-state index contributed by atoms with van der Waals surface area (Å²) < 4.78 is 27.1. The predicted molar refractivity (Wildman–Crippen MR) is 101 cm³/mol. The second kappa shape index (κ2) is 6.05. The first-order valence-corrected chi connectivity index (χ1v) is 11.7. The van der Waals surface area contributed by atoms with Crippen molar-refractivity contribution in [1.29, 1.82) is 0 Å². The summed E-state index contributed by atoms with van der Waals surface area (Å²) in [6.07, 6.45) is 8.89. The zero-order valence-electron chi connectivity index (χ0n) is 15.5. The molecule has 0 amide bonds. The molecular weight excluding hydrogens is 362 g/mol. The summed E-state index contributed by atoms with van der Waals surface area (Å²) in [7, 11) is -3.75. The van der Waals surface area contributed by atoms with Gasteiger partial charge in [-0.15, -0.1) is 0 Å². The molecule has 27 heavy (non-hydrogen) atoms. The molecule has 6 heteroatoms. The fourth-order valence-corrected chi connectivity index (χ4v) is 8.51.